The number of halogens is 1. The molecule has 2 N–H and O–H groups in total. The van der Waals surface area contributed by atoms with Crippen LogP contribution in [0, 0.1) is 0 Å². The van der Waals surface area contributed by atoms with Crippen LogP contribution in [0.4, 0.5) is 0 Å². The standard InChI is InChI=1S/C14H22ClNO/c1-3-5-14(16-13(4-2)10-17)11-6-8-12(15)9-7-11/h6-9,13-14,16-17H,3-5,10H2,1-2H3. The van der Waals surface area contributed by atoms with Crippen LogP contribution in [0.5, 0.6) is 0 Å². The normalized spacial score (nSPS) is 14.6. The number of benzene rings is 1. The number of rotatable bonds is 7. The Balaban J connectivity index is 2.73. The van der Waals surface area contributed by atoms with E-state index in [4.69, 9.17) is 11.6 Å². The summed E-state index contributed by atoms with van der Waals surface area (Å²) in [5.41, 5.74) is 1.24. The second-order valence-electron chi connectivity index (χ2n) is 4.35. The Morgan fingerprint density at radius 3 is 2.35 bits per heavy atom. The van der Waals surface area contributed by atoms with Crippen molar-refractivity contribution in [2.24, 2.45) is 0 Å². The topological polar surface area (TPSA) is 32.3 Å². The van der Waals surface area contributed by atoms with Gasteiger partial charge in [-0.25, -0.2) is 0 Å². The van der Waals surface area contributed by atoms with Crippen molar-refractivity contribution in [3.05, 3.63) is 34.9 Å². The average molecular weight is 256 g/mol. The predicted molar refractivity (Wildman–Crippen MR) is 73.4 cm³/mol. The molecule has 0 aliphatic rings. The van der Waals surface area contributed by atoms with Gasteiger partial charge in [0.2, 0.25) is 0 Å². The molecule has 1 aromatic rings. The Morgan fingerprint density at radius 1 is 1.24 bits per heavy atom. The van der Waals surface area contributed by atoms with Crippen molar-refractivity contribution in [1.29, 1.82) is 0 Å². The van der Waals surface area contributed by atoms with Crippen LogP contribution in [-0.2, 0) is 0 Å². The molecule has 0 heterocycles. The van der Waals surface area contributed by atoms with Gasteiger partial charge in [-0.15, -0.1) is 0 Å². The zero-order chi connectivity index (χ0) is 12.7. The molecule has 96 valence electrons. The fourth-order valence-corrected chi connectivity index (χ4v) is 2.04. The zero-order valence-corrected chi connectivity index (χ0v) is 11.4. The number of hydrogen-bond donors (Lipinski definition) is 2. The van der Waals surface area contributed by atoms with Crippen molar-refractivity contribution in [1.82, 2.24) is 5.32 Å². The van der Waals surface area contributed by atoms with Gasteiger partial charge in [0.05, 0.1) is 6.61 Å². The molecule has 3 heteroatoms. The molecule has 0 fully saturated rings. The highest BCUT2D eigenvalue weighted by molar-refractivity contribution is 6.30. The van der Waals surface area contributed by atoms with Gasteiger partial charge in [0.15, 0.2) is 0 Å². The molecule has 2 nitrogen and oxygen atoms in total. The Labute approximate surface area is 109 Å². The third-order valence-electron chi connectivity index (χ3n) is 3.00. The fourth-order valence-electron chi connectivity index (χ4n) is 1.91. The lowest BCUT2D eigenvalue weighted by Crippen LogP contribution is -2.35. The number of aliphatic hydroxyl groups excluding tert-OH is 1. The van der Waals surface area contributed by atoms with Crippen LogP contribution >= 0.6 is 11.6 Å². The zero-order valence-electron chi connectivity index (χ0n) is 10.6. The van der Waals surface area contributed by atoms with E-state index in [9.17, 15) is 5.11 Å². The van der Waals surface area contributed by atoms with Crippen molar-refractivity contribution in [2.45, 2.75) is 45.2 Å². The first kappa shape index (κ1) is 14.5. The molecule has 0 aliphatic heterocycles. The van der Waals surface area contributed by atoms with Crippen LogP contribution in [0.2, 0.25) is 5.02 Å². The molecule has 0 aromatic heterocycles. The monoisotopic (exact) mass is 255 g/mol. The molecular weight excluding hydrogens is 234 g/mol. The summed E-state index contributed by atoms with van der Waals surface area (Å²) in [6, 6.07) is 8.42. The molecule has 0 saturated carbocycles. The van der Waals surface area contributed by atoms with Crippen LogP contribution in [0.1, 0.15) is 44.7 Å². The Morgan fingerprint density at radius 2 is 1.88 bits per heavy atom. The first-order valence-corrected chi connectivity index (χ1v) is 6.71. The van der Waals surface area contributed by atoms with Gasteiger partial charge < -0.3 is 10.4 Å². The maximum absolute atomic E-state index is 9.25. The van der Waals surface area contributed by atoms with E-state index in [0.717, 1.165) is 24.3 Å². The summed E-state index contributed by atoms with van der Waals surface area (Å²) in [4.78, 5) is 0. The van der Waals surface area contributed by atoms with E-state index in [1.165, 1.54) is 5.56 Å². The molecule has 0 radical (unpaired) electrons. The fraction of sp³-hybridized carbons (Fsp3) is 0.571. The third kappa shape index (κ3) is 4.66. The second-order valence-corrected chi connectivity index (χ2v) is 4.78. The summed E-state index contributed by atoms with van der Waals surface area (Å²) in [5, 5.41) is 13.5. The minimum Gasteiger partial charge on any atom is -0.395 e. The maximum Gasteiger partial charge on any atom is 0.0584 e. The molecule has 0 bridgehead atoms. The van der Waals surface area contributed by atoms with Gasteiger partial charge in [-0.05, 0) is 30.5 Å². The summed E-state index contributed by atoms with van der Waals surface area (Å²) in [7, 11) is 0. The Kier molecular flexibility index (Phi) is 6.56. The van der Waals surface area contributed by atoms with E-state index in [2.05, 4.69) is 31.3 Å². The van der Waals surface area contributed by atoms with E-state index in [1.807, 2.05) is 12.1 Å². The number of hydrogen-bond acceptors (Lipinski definition) is 2. The highest BCUT2D eigenvalue weighted by Crippen LogP contribution is 2.21. The summed E-state index contributed by atoms with van der Waals surface area (Å²) in [6.07, 6.45) is 3.12. The highest BCUT2D eigenvalue weighted by atomic mass is 35.5. The third-order valence-corrected chi connectivity index (χ3v) is 3.25. The lowest BCUT2D eigenvalue weighted by atomic mass is 10.0. The Bertz CT molecular complexity index is 309. The lowest BCUT2D eigenvalue weighted by molar-refractivity contribution is 0.225. The first-order valence-electron chi connectivity index (χ1n) is 6.33. The molecule has 2 unspecified atom stereocenters. The molecular formula is C14H22ClNO. The molecule has 0 aliphatic carbocycles. The Hall–Kier alpha value is -0.570. The van der Waals surface area contributed by atoms with Gasteiger partial charge in [-0.3, -0.25) is 0 Å². The number of nitrogens with one attached hydrogen (secondary N) is 1. The lowest BCUT2D eigenvalue weighted by Gasteiger charge is -2.24. The molecule has 0 saturated heterocycles. The van der Waals surface area contributed by atoms with E-state index in [0.29, 0.717) is 6.04 Å². The minimum atomic E-state index is 0.169. The van der Waals surface area contributed by atoms with E-state index >= 15 is 0 Å². The largest absolute Gasteiger partial charge is 0.395 e. The van der Waals surface area contributed by atoms with Crippen LogP contribution < -0.4 is 5.32 Å². The van der Waals surface area contributed by atoms with E-state index in [-0.39, 0.29) is 12.6 Å². The SMILES string of the molecule is CCCC(NC(CC)CO)c1ccc(Cl)cc1. The van der Waals surface area contributed by atoms with Crippen molar-refractivity contribution < 1.29 is 5.11 Å². The van der Waals surface area contributed by atoms with Crippen molar-refractivity contribution >= 4 is 11.6 Å². The highest BCUT2D eigenvalue weighted by Gasteiger charge is 2.14. The van der Waals surface area contributed by atoms with Crippen LogP contribution in [0.15, 0.2) is 24.3 Å². The second kappa shape index (κ2) is 7.70. The number of aliphatic hydroxyl groups is 1. The van der Waals surface area contributed by atoms with Crippen molar-refractivity contribution in [3.8, 4) is 0 Å². The maximum atomic E-state index is 9.25. The first-order chi connectivity index (χ1) is 8.21. The van der Waals surface area contributed by atoms with Gasteiger partial charge in [0.25, 0.3) is 0 Å². The van der Waals surface area contributed by atoms with Gasteiger partial charge >= 0.3 is 0 Å². The van der Waals surface area contributed by atoms with Gasteiger partial charge in [0.1, 0.15) is 0 Å². The molecule has 1 rings (SSSR count). The molecule has 17 heavy (non-hydrogen) atoms. The van der Waals surface area contributed by atoms with E-state index in [1.54, 1.807) is 0 Å². The molecule has 2 atom stereocenters. The van der Waals surface area contributed by atoms with Gasteiger partial charge in [-0.1, -0.05) is 44.0 Å². The summed E-state index contributed by atoms with van der Waals surface area (Å²) < 4.78 is 0. The minimum absolute atomic E-state index is 0.169. The van der Waals surface area contributed by atoms with Crippen molar-refractivity contribution in [3.63, 3.8) is 0 Å². The van der Waals surface area contributed by atoms with Crippen molar-refractivity contribution in [2.75, 3.05) is 6.61 Å². The predicted octanol–water partition coefficient (Wildman–Crippen LogP) is 3.54. The average Bonchev–Trinajstić information content (AvgIpc) is 2.35. The summed E-state index contributed by atoms with van der Waals surface area (Å²) in [6.45, 7) is 4.44. The summed E-state index contributed by atoms with van der Waals surface area (Å²) >= 11 is 5.89. The van der Waals surface area contributed by atoms with Crippen LogP contribution in [0.25, 0.3) is 0 Å². The molecule has 1 aromatic carbocycles. The van der Waals surface area contributed by atoms with Crippen LogP contribution in [-0.4, -0.2) is 17.8 Å². The van der Waals surface area contributed by atoms with Gasteiger partial charge in [0, 0.05) is 17.1 Å². The molecule has 0 amide bonds. The van der Waals surface area contributed by atoms with E-state index < -0.39 is 0 Å². The van der Waals surface area contributed by atoms with Gasteiger partial charge in [-0.2, -0.15) is 0 Å². The molecule has 0 spiro atoms. The quantitative estimate of drug-likeness (QED) is 0.781. The van der Waals surface area contributed by atoms with Crippen LogP contribution in [0.3, 0.4) is 0 Å². The summed E-state index contributed by atoms with van der Waals surface area (Å²) in [5.74, 6) is 0. The smallest absolute Gasteiger partial charge is 0.0584 e.